The molecule has 1 aliphatic rings. The minimum Gasteiger partial charge on any atom is -0.478 e. The molecule has 2 aromatic carbocycles. The minimum atomic E-state index is -3.50. The van der Waals surface area contributed by atoms with E-state index in [9.17, 15) is 4.79 Å². The van der Waals surface area contributed by atoms with E-state index in [1.165, 1.54) is 50.2 Å². The summed E-state index contributed by atoms with van der Waals surface area (Å²) < 4.78 is 30.4. The van der Waals surface area contributed by atoms with E-state index in [0.717, 1.165) is 0 Å². The van der Waals surface area contributed by atoms with Crippen LogP contribution in [0.2, 0.25) is 10.0 Å². The van der Waals surface area contributed by atoms with E-state index < -0.39 is 23.2 Å². The highest BCUT2D eigenvalue weighted by molar-refractivity contribution is 6.34. The predicted molar refractivity (Wildman–Crippen MR) is 94.5 cm³/mol. The second-order valence-electron chi connectivity index (χ2n) is 6.13. The molecule has 1 aliphatic heterocycles. The summed E-state index contributed by atoms with van der Waals surface area (Å²) in [6.45, 7) is 2.72. The summed E-state index contributed by atoms with van der Waals surface area (Å²) in [4.78, 5) is 16.2. The fraction of sp³-hybridized carbons (Fsp3) is 0.222. The van der Waals surface area contributed by atoms with Gasteiger partial charge in [-0.15, -0.1) is 0 Å². The first kappa shape index (κ1) is 18.6. The first-order chi connectivity index (χ1) is 12.1. The van der Waals surface area contributed by atoms with Crippen molar-refractivity contribution in [2.75, 3.05) is 0 Å². The van der Waals surface area contributed by atoms with Crippen molar-refractivity contribution in [3.05, 3.63) is 68.7 Å². The Hall–Kier alpha value is -2.18. The molecule has 0 spiro atoms. The molecular formula is C18H13Cl2F2NO3. The SMILES string of the molecule is Cc1cc(C2=NOC(C)(c3cc(Cl)cc(Cl)c3)C2(F)F)ccc1C(=O)O. The largest absolute Gasteiger partial charge is 0.478 e. The van der Waals surface area contributed by atoms with Crippen molar-refractivity contribution in [3.8, 4) is 0 Å². The molecular weight excluding hydrogens is 387 g/mol. The number of nitrogens with zero attached hydrogens (tertiary/aromatic N) is 1. The molecule has 3 rings (SSSR count). The summed E-state index contributed by atoms with van der Waals surface area (Å²) in [5, 5.41) is 13.1. The van der Waals surface area contributed by atoms with Crippen LogP contribution in [0.1, 0.15) is 34.0 Å². The molecule has 4 nitrogen and oxygen atoms in total. The quantitative estimate of drug-likeness (QED) is 0.762. The van der Waals surface area contributed by atoms with Gasteiger partial charge in [-0.3, -0.25) is 0 Å². The van der Waals surface area contributed by atoms with Gasteiger partial charge in [-0.2, -0.15) is 8.78 Å². The Balaban J connectivity index is 2.05. The molecule has 8 heteroatoms. The third-order valence-corrected chi connectivity index (χ3v) is 4.80. The van der Waals surface area contributed by atoms with E-state index in [2.05, 4.69) is 5.16 Å². The number of alkyl halides is 2. The number of rotatable bonds is 3. The normalized spacial score (nSPS) is 21.2. The van der Waals surface area contributed by atoms with Gasteiger partial charge in [-0.1, -0.05) is 34.4 Å². The van der Waals surface area contributed by atoms with Crippen LogP contribution >= 0.6 is 23.2 Å². The van der Waals surface area contributed by atoms with Crippen molar-refractivity contribution in [3.63, 3.8) is 0 Å². The minimum absolute atomic E-state index is 0.0287. The van der Waals surface area contributed by atoms with E-state index in [-0.39, 0.29) is 26.7 Å². The molecule has 0 bridgehead atoms. The Morgan fingerprint density at radius 3 is 2.31 bits per heavy atom. The van der Waals surface area contributed by atoms with Gasteiger partial charge in [0.15, 0.2) is 5.71 Å². The lowest BCUT2D eigenvalue weighted by Crippen LogP contribution is -2.45. The molecule has 0 saturated carbocycles. The number of carbonyl (C=O) groups is 1. The van der Waals surface area contributed by atoms with Crippen LogP contribution in [0.15, 0.2) is 41.6 Å². The van der Waals surface area contributed by atoms with Crippen LogP contribution in [0.4, 0.5) is 8.78 Å². The topological polar surface area (TPSA) is 58.9 Å². The fourth-order valence-electron chi connectivity index (χ4n) is 2.83. The number of aryl methyl sites for hydroxylation is 1. The van der Waals surface area contributed by atoms with E-state index in [1.54, 1.807) is 0 Å². The van der Waals surface area contributed by atoms with Gasteiger partial charge in [0.25, 0.3) is 0 Å². The highest BCUT2D eigenvalue weighted by Gasteiger charge is 2.62. The molecule has 0 aromatic heterocycles. The van der Waals surface area contributed by atoms with Crippen molar-refractivity contribution in [1.82, 2.24) is 0 Å². The maximum absolute atomic E-state index is 15.2. The van der Waals surface area contributed by atoms with E-state index in [4.69, 9.17) is 33.1 Å². The molecule has 0 aliphatic carbocycles. The molecule has 1 unspecified atom stereocenters. The van der Waals surface area contributed by atoms with Crippen LogP contribution in [-0.2, 0) is 10.4 Å². The number of benzene rings is 2. The number of hydrogen-bond acceptors (Lipinski definition) is 3. The predicted octanol–water partition coefficient (Wildman–Crippen LogP) is 5.29. The molecule has 2 aromatic rings. The maximum atomic E-state index is 15.2. The van der Waals surface area contributed by atoms with Crippen LogP contribution in [0.25, 0.3) is 0 Å². The zero-order valence-corrected chi connectivity index (χ0v) is 15.2. The third-order valence-electron chi connectivity index (χ3n) is 4.36. The summed E-state index contributed by atoms with van der Waals surface area (Å²) in [5.74, 6) is -4.64. The number of halogens is 4. The summed E-state index contributed by atoms with van der Waals surface area (Å²) >= 11 is 11.9. The summed E-state index contributed by atoms with van der Waals surface area (Å²) in [7, 11) is 0. The van der Waals surface area contributed by atoms with Gasteiger partial charge in [0.1, 0.15) is 0 Å². The van der Waals surface area contributed by atoms with Crippen LogP contribution in [0.5, 0.6) is 0 Å². The second kappa shape index (κ2) is 6.21. The molecule has 136 valence electrons. The van der Waals surface area contributed by atoms with Crippen LogP contribution in [0, 0.1) is 6.92 Å². The zero-order chi connectivity index (χ0) is 19.3. The van der Waals surface area contributed by atoms with Crippen LogP contribution < -0.4 is 0 Å². The smallest absolute Gasteiger partial charge is 0.338 e. The van der Waals surface area contributed by atoms with E-state index in [1.807, 2.05) is 0 Å². The molecule has 26 heavy (non-hydrogen) atoms. The van der Waals surface area contributed by atoms with Gasteiger partial charge in [-0.25, -0.2) is 4.79 Å². The van der Waals surface area contributed by atoms with Crippen molar-refractivity contribution in [2.24, 2.45) is 5.16 Å². The Kier molecular flexibility index (Phi) is 4.45. The zero-order valence-electron chi connectivity index (χ0n) is 13.7. The molecule has 0 saturated heterocycles. The average molecular weight is 400 g/mol. The van der Waals surface area contributed by atoms with E-state index in [0.29, 0.717) is 5.56 Å². The Labute approximate surface area is 158 Å². The van der Waals surface area contributed by atoms with Crippen LogP contribution in [0.3, 0.4) is 0 Å². The highest BCUT2D eigenvalue weighted by atomic mass is 35.5. The van der Waals surface area contributed by atoms with Crippen molar-refractivity contribution in [1.29, 1.82) is 0 Å². The highest BCUT2D eigenvalue weighted by Crippen LogP contribution is 2.48. The van der Waals surface area contributed by atoms with Gasteiger partial charge >= 0.3 is 11.9 Å². The summed E-state index contributed by atoms with van der Waals surface area (Å²) in [5.41, 5.74) is -2.16. The van der Waals surface area contributed by atoms with Crippen molar-refractivity contribution in [2.45, 2.75) is 25.4 Å². The number of hydrogen-bond donors (Lipinski definition) is 1. The maximum Gasteiger partial charge on any atom is 0.338 e. The third kappa shape index (κ3) is 2.83. The van der Waals surface area contributed by atoms with Gasteiger partial charge in [0, 0.05) is 21.2 Å². The van der Waals surface area contributed by atoms with Crippen molar-refractivity contribution < 1.29 is 23.5 Å². The Morgan fingerprint density at radius 2 is 1.77 bits per heavy atom. The average Bonchev–Trinajstić information content (AvgIpc) is 2.77. The Bertz CT molecular complexity index is 926. The molecule has 0 radical (unpaired) electrons. The van der Waals surface area contributed by atoms with Gasteiger partial charge < -0.3 is 9.94 Å². The lowest BCUT2D eigenvalue weighted by Gasteiger charge is -2.29. The van der Waals surface area contributed by atoms with Gasteiger partial charge in [0.2, 0.25) is 5.60 Å². The number of aromatic carboxylic acids is 1. The molecule has 1 heterocycles. The fourth-order valence-corrected chi connectivity index (χ4v) is 3.35. The van der Waals surface area contributed by atoms with Gasteiger partial charge in [0.05, 0.1) is 5.56 Å². The number of carboxylic acid groups (broad SMARTS) is 1. The number of carboxylic acids is 1. The molecule has 1 atom stereocenters. The Morgan fingerprint density at radius 1 is 1.15 bits per heavy atom. The first-order valence-corrected chi connectivity index (χ1v) is 8.27. The monoisotopic (exact) mass is 399 g/mol. The standard InChI is InChI=1S/C18H13Cl2F2NO3/c1-9-5-10(3-4-14(9)16(24)25)15-18(21,22)17(2,26-23-15)11-6-12(19)8-13(20)7-11/h3-8H,1-2H3,(H,24,25). The first-order valence-electron chi connectivity index (χ1n) is 7.51. The van der Waals surface area contributed by atoms with Crippen molar-refractivity contribution >= 4 is 34.9 Å². The molecule has 1 N–H and O–H groups in total. The molecule has 0 fully saturated rings. The molecule has 0 amide bonds. The summed E-state index contributed by atoms with van der Waals surface area (Å²) in [6, 6.07) is 8.01. The second-order valence-corrected chi connectivity index (χ2v) is 7.00. The van der Waals surface area contributed by atoms with E-state index >= 15 is 8.78 Å². The lowest BCUT2D eigenvalue weighted by atomic mass is 9.85. The van der Waals surface area contributed by atoms with Gasteiger partial charge in [-0.05, 0) is 49.7 Å². The lowest BCUT2D eigenvalue weighted by molar-refractivity contribution is -0.142. The number of oxime groups is 1. The summed E-state index contributed by atoms with van der Waals surface area (Å²) in [6.07, 6.45) is 0. The van der Waals surface area contributed by atoms with Crippen LogP contribution in [-0.4, -0.2) is 22.7 Å².